The third-order valence-corrected chi connectivity index (χ3v) is 3.30. The Labute approximate surface area is 93.2 Å². The van der Waals surface area contributed by atoms with Crippen LogP contribution in [0.5, 0.6) is 0 Å². The van der Waals surface area contributed by atoms with Crippen LogP contribution in [0, 0.1) is 0 Å². The van der Waals surface area contributed by atoms with E-state index >= 15 is 0 Å². The Bertz CT molecular complexity index is 357. The first-order valence-electron chi connectivity index (χ1n) is 4.97. The van der Waals surface area contributed by atoms with Gasteiger partial charge in [-0.2, -0.15) is 0 Å². The summed E-state index contributed by atoms with van der Waals surface area (Å²) in [5.74, 6) is 0.870. The molecular weight excluding hydrogens is 208 g/mol. The molecule has 0 radical (unpaired) electrons. The predicted octanol–water partition coefficient (Wildman–Crippen LogP) is 1.84. The van der Waals surface area contributed by atoms with Crippen molar-refractivity contribution in [3.63, 3.8) is 0 Å². The van der Waals surface area contributed by atoms with E-state index in [4.69, 9.17) is 11.5 Å². The van der Waals surface area contributed by atoms with Gasteiger partial charge in [0.15, 0.2) is 5.16 Å². The molecule has 4 N–H and O–H groups in total. The highest BCUT2D eigenvalue weighted by Crippen LogP contribution is 2.28. The van der Waals surface area contributed by atoms with Crippen molar-refractivity contribution in [1.29, 1.82) is 0 Å². The van der Waals surface area contributed by atoms with E-state index in [1.807, 2.05) is 0 Å². The quantitative estimate of drug-likeness (QED) is 0.589. The second kappa shape index (κ2) is 4.53. The van der Waals surface area contributed by atoms with Crippen LogP contribution in [-0.4, -0.2) is 15.2 Å². The molecule has 4 nitrogen and oxygen atoms in total. The summed E-state index contributed by atoms with van der Waals surface area (Å²) >= 11 is 1.62. The third kappa shape index (κ3) is 2.86. The number of aromatic nitrogens is 2. The van der Waals surface area contributed by atoms with Crippen molar-refractivity contribution in [1.82, 2.24) is 9.97 Å². The van der Waals surface area contributed by atoms with Gasteiger partial charge in [-0.3, -0.25) is 0 Å². The second-order valence-corrected chi connectivity index (χ2v) is 4.72. The number of thioether (sulfide) groups is 1. The van der Waals surface area contributed by atoms with Gasteiger partial charge in [0.05, 0.1) is 0 Å². The van der Waals surface area contributed by atoms with Gasteiger partial charge < -0.3 is 11.5 Å². The maximum Gasteiger partial charge on any atom is 0.192 e. The topological polar surface area (TPSA) is 77.8 Å². The lowest BCUT2D eigenvalue weighted by Gasteiger charge is -2.14. The molecule has 0 unspecified atom stereocenters. The number of rotatable bonds is 2. The van der Waals surface area contributed by atoms with Crippen LogP contribution in [0.15, 0.2) is 23.4 Å². The molecule has 1 aliphatic rings. The first-order valence-corrected chi connectivity index (χ1v) is 5.85. The normalized spacial score (nSPS) is 20.4. The van der Waals surface area contributed by atoms with Crippen LogP contribution in [0.25, 0.3) is 0 Å². The van der Waals surface area contributed by atoms with Crippen molar-refractivity contribution in [2.45, 2.75) is 29.7 Å². The van der Waals surface area contributed by atoms with Gasteiger partial charge in [-0.25, -0.2) is 9.97 Å². The Morgan fingerprint density at radius 1 is 1.27 bits per heavy atom. The summed E-state index contributed by atoms with van der Waals surface area (Å²) in [6.07, 6.45) is 7.98. The van der Waals surface area contributed by atoms with Crippen molar-refractivity contribution in [3.8, 4) is 0 Å². The van der Waals surface area contributed by atoms with E-state index in [0.717, 1.165) is 0 Å². The molecule has 0 saturated heterocycles. The maximum atomic E-state index is 5.60. The summed E-state index contributed by atoms with van der Waals surface area (Å²) in [5.41, 5.74) is 11.2. The molecule has 1 atom stereocenters. The summed E-state index contributed by atoms with van der Waals surface area (Å²) in [7, 11) is 0. The standard InChI is InChI=1S/C10H14N4S/c11-8-6-9(12)14-10(13-8)15-7-4-2-1-3-5-7/h2,4,6-7H,1,3,5H2,(H4,11,12,13,14)/t7-/m0/s1. The number of allylic oxidation sites excluding steroid dienone is 1. The highest BCUT2D eigenvalue weighted by atomic mass is 32.2. The third-order valence-electron chi connectivity index (χ3n) is 2.21. The monoisotopic (exact) mass is 222 g/mol. The molecule has 0 amide bonds. The fourth-order valence-corrected chi connectivity index (χ4v) is 2.59. The van der Waals surface area contributed by atoms with Crippen molar-refractivity contribution >= 4 is 23.4 Å². The summed E-state index contributed by atoms with van der Waals surface area (Å²) in [5, 5.41) is 1.13. The van der Waals surface area contributed by atoms with E-state index in [-0.39, 0.29) is 0 Å². The molecule has 1 aromatic rings. The first-order chi connectivity index (χ1) is 7.24. The van der Waals surface area contributed by atoms with Gasteiger partial charge in [-0.1, -0.05) is 23.9 Å². The molecule has 0 aromatic carbocycles. The molecule has 1 heterocycles. The number of hydrogen-bond acceptors (Lipinski definition) is 5. The van der Waals surface area contributed by atoms with E-state index < -0.39 is 0 Å². The minimum absolute atomic E-state index is 0.435. The van der Waals surface area contributed by atoms with Crippen molar-refractivity contribution < 1.29 is 0 Å². The van der Waals surface area contributed by atoms with Crippen LogP contribution in [0.2, 0.25) is 0 Å². The Morgan fingerprint density at radius 2 is 2.00 bits per heavy atom. The lowest BCUT2D eigenvalue weighted by atomic mass is 10.1. The van der Waals surface area contributed by atoms with Crippen LogP contribution < -0.4 is 11.5 Å². The van der Waals surface area contributed by atoms with Crippen LogP contribution >= 0.6 is 11.8 Å². The highest BCUT2D eigenvalue weighted by Gasteiger charge is 2.12. The number of nitrogens with zero attached hydrogens (tertiary/aromatic N) is 2. The molecule has 1 aromatic heterocycles. The predicted molar refractivity (Wildman–Crippen MR) is 63.5 cm³/mol. The molecule has 15 heavy (non-hydrogen) atoms. The van der Waals surface area contributed by atoms with Gasteiger partial charge >= 0.3 is 0 Å². The number of nitrogen functional groups attached to an aromatic ring is 2. The van der Waals surface area contributed by atoms with Gasteiger partial charge in [0.25, 0.3) is 0 Å². The molecule has 0 fully saturated rings. The summed E-state index contributed by atoms with van der Waals surface area (Å²) < 4.78 is 0. The number of hydrogen-bond donors (Lipinski definition) is 2. The number of anilines is 2. The average molecular weight is 222 g/mol. The van der Waals surface area contributed by atoms with Crippen LogP contribution in [-0.2, 0) is 0 Å². The van der Waals surface area contributed by atoms with Gasteiger partial charge in [-0.05, 0) is 19.3 Å². The van der Waals surface area contributed by atoms with Gasteiger partial charge in [-0.15, -0.1) is 0 Å². The van der Waals surface area contributed by atoms with Gasteiger partial charge in [0.1, 0.15) is 11.6 Å². The lowest BCUT2D eigenvalue weighted by molar-refractivity contribution is 0.738. The molecule has 1 aliphatic carbocycles. The molecule has 0 saturated carbocycles. The fraction of sp³-hybridized carbons (Fsp3) is 0.400. The molecule has 0 bridgehead atoms. The Hall–Kier alpha value is -1.23. The SMILES string of the molecule is Nc1cc(N)nc(S[C@H]2C=CCCC2)n1. The second-order valence-electron chi connectivity index (χ2n) is 3.52. The molecule has 2 rings (SSSR count). The first kappa shape index (κ1) is 10.3. The molecule has 0 aliphatic heterocycles. The van der Waals surface area contributed by atoms with Crippen molar-refractivity contribution in [2.24, 2.45) is 0 Å². The zero-order valence-electron chi connectivity index (χ0n) is 8.39. The minimum Gasteiger partial charge on any atom is -0.383 e. The van der Waals surface area contributed by atoms with E-state index in [1.165, 1.54) is 19.3 Å². The summed E-state index contributed by atoms with van der Waals surface area (Å²) in [6, 6.07) is 1.57. The van der Waals surface area contributed by atoms with Crippen molar-refractivity contribution in [3.05, 3.63) is 18.2 Å². The highest BCUT2D eigenvalue weighted by molar-refractivity contribution is 7.99. The zero-order valence-corrected chi connectivity index (χ0v) is 9.20. The summed E-state index contributed by atoms with van der Waals surface area (Å²) in [4.78, 5) is 8.29. The largest absolute Gasteiger partial charge is 0.383 e. The van der Waals surface area contributed by atoms with Crippen LogP contribution in [0.4, 0.5) is 11.6 Å². The zero-order chi connectivity index (χ0) is 10.7. The van der Waals surface area contributed by atoms with E-state index in [1.54, 1.807) is 17.8 Å². The molecule has 0 spiro atoms. The van der Waals surface area contributed by atoms with Crippen LogP contribution in [0.3, 0.4) is 0 Å². The van der Waals surface area contributed by atoms with E-state index in [9.17, 15) is 0 Å². The van der Waals surface area contributed by atoms with Crippen LogP contribution in [0.1, 0.15) is 19.3 Å². The Morgan fingerprint density at radius 3 is 2.60 bits per heavy atom. The van der Waals surface area contributed by atoms with Gasteiger partial charge in [0.2, 0.25) is 0 Å². The maximum absolute atomic E-state index is 5.60. The minimum atomic E-state index is 0.435. The van der Waals surface area contributed by atoms with Crippen molar-refractivity contribution in [2.75, 3.05) is 11.5 Å². The van der Waals surface area contributed by atoms with E-state index in [2.05, 4.69) is 22.1 Å². The Kier molecular flexibility index (Phi) is 3.11. The molecule has 5 heteroatoms. The Balaban J connectivity index is 2.09. The molecular formula is C10H14N4S. The average Bonchev–Trinajstić information content (AvgIpc) is 2.17. The smallest absolute Gasteiger partial charge is 0.192 e. The van der Waals surface area contributed by atoms with Gasteiger partial charge in [0, 0.05) is 11.3 Å². The van der Waals surface area contributed by atoms with E-state index in [0.29, 0.717) is 22.0 Å². The summed E-state index contributed by atoms with van der Waals surface area (Å²) in [6.45, 7) is 0. The fourth-order valence-electron chi connectivity index (χ4n) is 1.53. The number of nitrogens with two attached hydrogens (primary N) is 2. The lowest BCUT2D eigenvalue weighted by Crippen LogP contribution is -2.05. The molecule has 80 valence electrons.